The molecule has 2 amide bonds. The van der Waals surface area contributed by atoms with Crippen LogP contribution in [-0.4, -0.2) is 104 Å². The van der Waals surface area contributed by atoms with E-state index >= 15 is 0 Å². The van der Waals surface area contributed by atoms with Crippen LogP contribution in [-0.2, 0) is 32.2 Å². The Balaban J connectivity index is 0.000000212. The zero-order valence-electron chi connectivity index (χ0n) is 27.9. The Morgan fingerprint density at radius 1 is 0.980 bits per heavy atom. The first-order valence-electron chi connectivity index (χ1n) is 16.0. The highest BCUT2D eigenvalue weighted by Crippen LogP contribution is 2.37. The lowest BCUT2D eigenvalue weighted by atomic mass is 9.93. The average Bonchev–Trinajstić information content (AvgIpc) is 3.66. The van der Waals surface area contributed by atoms with Gasteiger partial charge in [-0.2, -0.15) is 0 Å². The average molecular weight is 675 g/mol. The minimum atomic E-state index is -0.832. The third kappa shape index (κ3) is 8.12. The molecule has 0 bridgehead atoms. The fourth-order valence-corrected chi connectivity index (χ4v) is 6.17. The Morgan fingerprint density at radius 2 is 1.69 bits per heavy atom. The molecule has 3 aromatic rings. The highest BCUT2D eigenvalue weighted by atomic mass is 16.6. The van der Waals surface area contributed by atoms with Crippen molar-refractivity contribution in [3.8, 4) is 17.2 Å². The number of amides is 2. The SMILES string of the molecule is COC(=O)[C@H]1NC[C@@H](N=COc2ccccc2)[C@H]1C.COc1ccc(CN2C(=O)[C@@H]3[C@H]2[C@@H](O)CN3C(=O)OCc2ccccc2)c(OC)c1. The van der Waals surface area contributed by atoms with Crippen molar-refractivity contribution in [3.05, 3.63) is 90.0 Å². The molecule has 3 heterocycles. The number of methoxy groups -OCH3 is 3. The number of rotatable bonds is 10. The van der Waals surface area contributed by atoms with E-state index in [9.17, 15) is 19.5 Å². The first-order chi connectivity index (χ1) is 23.7. The van der Waals surface area contributed by atoms with Crippen LogP contribution >= 0.6 is 0 Å². The number of para-hydroxylation sites is 1. The van der Waals surface area contributed by atoms with Crippen molar-refractivity contribution >= 4 is 24.4 Å². The van der Waals surface area contributed by atoms with Crippen molar-refractivity contribution < 1.29 is 43.2 Å². The summed E-state index contributed by atoms with van der Waals surface area (Å²) in [5, 5.41) is 13.6. The van der Waals surface area contributed by atoms with Crippen molar-refractivity contribution in [1.82, 2.24) is 15.1 Å². The van der Waals surface area contributed by atoms with Crippen LogP contribution in [0.5, 0.6) is 17.2 Å². The minimum absolute atomic E-state index is 0.0211. The molecule has 3 aliphatic heterocycles. The molecule has 3 aromatic carbocycles. The summed E-state index contributed by atoms with van der Waals surface area (Å²) in [5.41, 5.74) is 1.65. The minimum Gasteiger partial charge on any atom is -0.497 e. The molecule has 6 atom stereocenters. The Hall–Kier alpha value is -5.14. The molecule has 260 valence electrons. The second-order valence-corrected chi connectivity index (χ2v) is 11.9. The molecule has 13 nitrogen and oxygen atoms in total. The van der Waals surface area contributed by atoms with Gasteiger partial charge in [0.05, 0.1) is 46.1 Å². The lowest BCUT2D eigenvalue weighted by Crippen LogP contribution is -2.68. The smallest absolute Gasteiger partial charge is 0.410 e. The van der Waals surface area contributed by atoms with E-state index in [4.69, 9.17) is 23.7 Å². The van der Waals surface area contributed by atoms with Gasteiger partial charge in [-0.25, -0.2) is 4.79 Å². The van der Waals surface area contributed by atoms with Crippen molar-refractivity contribution in [2.45, 2.75) is 50.3 Å². The van der Waals surface area contributed by atoms with Gasteiger partial charge < -0.3 is 39.0 Å². The van der Waals surface area contributed by atoms with Crippen molar-refractivity contribution in [2.24, 2.45) is 10.9 Å². The third-order valence-electron chi connectivity index (χ3n) is 8.93. The Morgan fingerprint density at radius 3 is 2.37 bits per heavy atom. The molecule has 2 N–H and O–H groups in total. The quantitative estimate of drug-likeness (QED) is 0.142. The summed E-state index contributed by atoms with van der Waals surface area (Å²) in [6.07, 6.45) is 0.0133. The van der Waals surface area contributed by atoms with Gasteiger partial charge in [-0.15, -0.1) is 0 Å². The Labute approximate surface area is 285 Å². The number of aliphatic imine (C=N–C) groups is 1. The number of benzene rings is 3. The molecule has 3 saturated heterocycles. The van der Waals surface area contributed by atoms with E-state index in [-0.39, 0.29) is 49.6 Å². The maximum absolute atomic E-state index is 12.8. The van der Waals surface area contributed by atoms with Gasteiger partial charge in [0.2, 0.25) is 5.91 Å². The van der Waals surface area contributed by atoms with E-state index in [0.717, 1.165) is 16.9 Å². The number of likely N-dealkylation sites (tertiary alicyclic amines) is 2. The molecular formula is C36H42N4O9. The van der Waals surface area contributed by atoms with Gasteiger partial charge in [0.15, 0.2) is 6.40 Å². The van der Waals surface area contributed by atoms with Gasteiger partial charge in [0, 0.05) is 30.6 Å². The number of esters is 1. The van der Waals surface area contributed by atoms with Crippen molar-refractivity contribution in [2.75, 3.05) is 34.4 Å². The molecule has 0 spiro atoms. The zero-order chi connectivity index (χ0) is 34.9. The first-order valence-corrected chi connectivity index (χ1v) is 16.0. The fraction of sp³-hybridized carbons (Fsp3) is 0.389. The van der Waals surface area contributed by atoms with E-state index in [0.29, 0.717) is 18.0 Å². The molecular weight excluding hydrogens is 632 g/mol. The Kier molecular flexibility index (Phi) is 11.7. The molecule has 0 saturated carbocycles. The topological polar surface area (TPSA) is 148 Å². The molecule has 0 radical (unpaired) electrons. The van der Waals surface area contributed by atoms with Crippen LogP contribution in [0.2, 0.25) is 0 Å². The van der Waals surface area contributed by atoms with Gasteiger partial charge in [0.1, 0.15) is 35.9 Å². The normalized spacial score (nSPS) is 24.0. The number of β-amino-alcohol motifs (C(OH)–C–C–N with tert-alkyl or cyclic N) is 1. The van der Waals surface area contributed by atoms with Crippen LogP contribution in [0.4, 0.5) is 4.79 Å². The van der Waals surface area contributed by atoms with Crippen LogP contribution < -0.4 is 19.5 Å². The maximum atomic E-state index is 12.8. The summed E-state index contributed by atoms with van der Waals surface area (Å²) in [5.74, 6) is 1.62. The molecule has 0 aliphatic carbocycles. The number of fused-ring (bicyclic) bond motifs is 1. The number of carbonyl (C=O) groups excluding carboxylic acids is 3. The molecule has 49 heavy (non-hydrogen) atoms. The number of ether oxygens (including phenoxy) is 5. The van der Waals surface area contributed by atoms with Gasteiger partial charge in [-0.05, 0) is 29.8 Å². The maximum Gasteiger partial charge on any atom is 0.410 e. The van der Waals surface area contributed by atoms with Gasteiger partial charge in [0.25, 0.3) is 0 Å². The van der Waals surface area contributed by atoms with Gasteiger partial charge in [-0.1, -0.05) is 55.5 Å². The predicted molar refractivity (Wildman–Crippen MR) is 179 cm³/mol. The third-order valence-corrected chi connectivity index (χ3v) is 8.93. The number of nitrogens with one attached hydrogen (secondary N) is 1. The monoisotopic (exact) mass is 674 g/mol. The van der Waals surface area contributed by atoms with E-state index < -0.39 is 24.3 Å². The van der Waals surface area contributed by atoms with Crippen LogP contribution in [0.15, 0.2) is 83.9 Å². The Bertz CT molecular complexity index is 1610. The summed E-state index contributed by atoms with van der Waals surface area (Å²) in [7, 11) is 4.51. The molecule has 13 heteroatoms. The van der Waals surface area contributed by atoms with Gasteiger partial charge >= 0.3 is 12.1 Å². The van der Waals surface area contributed by atoms with Crippen LogP contribution in [0.1, 0.15) is 18.1 Å². The number of hydrogen-bond donors (Lipinski definition) is 2. The number of aliphatic hydroxyl groups excluding tert-OH is 1. The molecule has 0 aromatic heterocycles. The van der Waals surface area contributed by atoms with E-state index in [1.54, 1.807) is 31.3 Å². The summed E-state index contributed by atoms with van der Waals surface area (Å²) >= 11 is 0. The number of hydrogen-bond acceptors (Lipinski definition) is 11. The second kappa shape index (κ2) is 16.3. The standard InChI is InChI=1S/C22H24N2O6.C14H18N2O3/c1-28-16-9-8-15(18(10-16)29-2)11-23-19-17(25)12-24(20(19)21(23)26)22(27)30-13-14-6-4-3-5-7-14;1-10-12(8-15-13(10)14(17)18-2)16-9-19-11-6-4-3-5-7-11/h3-10,17,19-20,25H,11-13H2,1-2H3;3-7,9-10,12-13,15H,8H2,1-2H3/t17-,19+,20-;10-,12-,13+/m01/s1. The number of carbonyl (C=O) groups is 3. The number of β-lactam (4-membered cyclic amide) rings is 1. The highest BCUT2D eigenvalue weighted by Gasteiger charge is 2.60. The number of nitrogens with zero attached hydrogens (tertiary/aromatic N) is 3. The summed E-state index contributed by atoms with van der Waals surface area (Å²) in [4.78, 5) is 44.1. The van der Waals surface area contributed by atoms with Crippen molar-refractivity contribution in [1.29, 1.82) is 0 Å². The van der Waals surface area contributed by atoms with Crippen LogP contribution in [0.3, 0.4) is 0 Å². The summed E-state index contributed by atoms with van der Waals surface area (Å²) in [6.45, 7) is 3.08. The zero-order valence-corrected chi connectivity index (χ0v) is 27.9. The van der Waals surface area contributed by atoms with Crippen LogP contribution in [0.25, 0.3) is 0 Å². The second-order valence-electron chi connectivity index (χ2n) is 11.9. The van der Waals surface area contributed by atoms with E-state index in [1.165, 1.54) is 18.4 Å². The van der Waals surface area contributed by atoms with E-state index in [2.05, 4.69) is 10.3 Å². The molecule has 3 fully saturated rings. The largest absolute Gasteiger partial charge is 0.497 e. The highest BCUT2D eigenvalue weighted by molar-refractivity contribution is 5.93. The number of aliphatic hydroxyl groups is 1. The van der Waals surface area contributed by atoms with Crippen LogP contribution in [0, 0.1) is 5.92 Å². The summed E-state index contributed by atoms with van der Waals surface area (Å²) < 4.78 is 26.1. The van der Waals surface area contributed by atoms with Crippen molar-refractivity contribution in [3.63, 3.8) is 0 Å². The predicted octanol–water partition coefficient (Wildman–Crippen LogP) is 3.04. The molecule has 6 rings (SSSR count). The fourth-order valence-electron chi connectivity index (χ4n) is 6.17. The molecule has 0 unspecified atom stereocenters. The lowest BCUT2D eigenvalue weighted by Gasteiger charge is -2.45. The first kappa shape index (κ1) is 35.2. The summed E-state index contributed by atoms with van der Waals surface area (Å²) in [6, 6.07) is 22.7. The molecule has 3 aliphatic rings. The van der Waals surface area contributed by atoms with Gasteiger partial charge in [-0.3, -0.25) is 19.5 Å². The lowest BCUT2D eigenvalue weighted by molar-refractivity contribution is -0.157. The van der Waals surface area contributed by atoms with E-state index in [1.807, 2.05) is 73.7 Å².